The van der Waals surface area contributed by atoms with Gasteiger partial charge in [-0.1, -0.05) is 48.8 Å². The molecule has 124 valence electrons. The van der Waals surface area contributed by atoms with Gasteiger partial charge in [0.05, 0.1) is 6.10 Å². The molecule has 23 heavy (non-hydrogen) atoms. The highest BCUT2D eigenvalue weighted by atomic mass is 16.5. The summed E-state index contributed by atoms with van der Waals surface area (Å²) in [6.07, 6.45) is 9.23. The second kappa shape index (κ2) is 5.21. The molecule has 3 atom stereocenters. The van der Waals surface area contributed by atoms with Gasteiger partial charge in [0, 0.05) is 12.5 Å². The molecular weight excluding hydrogens is 280 g/mol. The van der Waals surface area contributed by atoms with Crippen molar-refractivity contribution in [2.24, 2.45) is 5.41 Å². The SMILES string of the molecule is CC[C@]12CC[C@]3(C)C[C@H](OC)CC3=C1CCc1cc(C)ccc12. The predicted octanol–water partition coefficient (Wildman–Crippen LogP) is 5.49. The van der Waals surface area contributed by atoms with Crippen molar-refractivity contribution in [2.45, 2.75) is 77.2 Å². The Bertz CT molecular complexity index is 671. The monoisotopic (exact) mass is 310 g/mol. The standard InChI is InChI=1S/C22H30O/c1-5-22-11-10-21(3)14-17(23-4)13-20(21)19(22)9-7-16-12-15(2)6-8-18(16)22/h6,8,12,17H,5,7,9-11,13-14H2,1-4H3/t17-,21-,22-/m1/s1. The van der Waals surface area contributed by atoms with Crippen molar-refractivity contribution in [3.05, 3.63) is 46.0 Å². The Morgan fingerprint density at radius 3 is 2.74 bits per heavy atom. The quantitative estimate of drug-likeness (QED) is 0.656. The molecule has 0 amide bonds. The molecule has 0 bridgehead atoms. The molecule has 0 heterocycles. The van der Waals surface area contributed by atoms with E-state index in [9.17, 15) is 0 Å². The molecule has 1 heteroatoms. The lowest BCUT2D eigenvalue weighted by Crippen LogP contribution is -2.40. The number of ether oxygens (including phenoxy) is 1. The van der Waals surface area contributed by atoms with E-state index in [1.807, 2.05) is 7.11 Å². The van der Waals surface area contributed by atoms with Crippen LogP contribution in [0.3, 0.4) is 0 Å². The predicted molar refractivity (Wildman–Crippen MR) is 95.9 cm³/mol. The second-order valence-electron chi connectivity index (χ2n) is 8.38. The Morgan fingerprint density at radius 2 is 2.00 bits per heavy atom. The summed E-state index contributed by atoms with van der Waals surface area (Å²) in [4.78, 5) is 0. The molecule has 4 rings (SSSR count). The average molecular weight is 310 g/mol. The molecule has 0 spiro atoms. The van der Waals surface area contributed by atoms with Crippen LogP contribution >= 0.6 is 0 Å². The summed E-state index contributed by atoms with van der Waals surface area (Å²) in [6.45, 7) is 7.13. The van der Waals surface area contributed by atoms with E-state index in [1.54, 1.807) is 22.3 Å². The van der Waals surface area contributed by atoms with Crippen molar-refractivity contribution in [3.8, 4) is 0 Å². The molecule has 0 radical (unpaired) electrons. The van der Waals surface area contributed by atoms with Crippen LogP contribution in [0.5, 0.6) is 0 Å². The number of methoxy groups -OCH3 is 1. The van der Waals surface area contributed by atoms with Crippen molar-refractivity contribution in [1.29, 1.82) is 0 Å². The first-order valence-electron chi connectivity index (χ1n) is 9.38. The van der Waals surface area contributed by atoms with Gasteiger partial charge in [0.2, 0.25) is 0 Å². The van der Waals surface area contributed by atoms with Crippen molar-refractivity contribution in [1.82, 2.24) is 0 Å². The molecule has 1 nitrogen and oxygen atoms in total. The molecule has 1 saturated carbocycles. The maximum absolute atomic E-state index is 5.77. The zero-order valence-electron chi connectivity index (χ0n) is 15.2. The van der Waals surface area contributed by atoms with Crippen LogP contribution in [-0.2, 0) is 16.6 Å². The molecular formula is C22H30O. The van der Waals surface area contributed by atoms with Crippen molar-refractivity contribution < 1.29 is 4.74 Å². The van der Waals surface area contributed by atoms with Crippen LogP contribution in [-0.4, -0.2) is 13.2 Å². The first-order chi connectivity index (χ1) is 11.0. The molecule has 0 unspecified atom stereocenters. The van der Waals surface area contributed by atoms with E-state index < -0.39 is 0 Å². The van der Waals surface area contributed by atoms with E-state index >= 15 is 0 Å². The molecule has 3 aliphatic rings. The molecule has 1 aromatic carbocycles. The Hall–Kier alpha value is -1.08. The van der Waals surface area contributed by atoms with E-state index in [1.165, 1.54) is 50.5 Å². The van der Waals surface area contributed by atoms with Gasteiger partial charge in [-0.3, -0.25) is 0 Å². The summed E-state index contributed by atoms with van der Waals surface area (Å²) in [6, 6.07) is 7.21. The molecule has 1 fully saturated rings. The lowest BCUT2D eigenvalue weighted by atomic mass is 9.54. The highest BCUT2D eigenvalue weighted by Gasteiger charge is 2.51. The van der Waals surface area contributed by atoms with Gasteiger partial charge in [-0.15, -0.1) is 0 Å². The van der Waals surface area contributed by atoms with Crippen LogP contribution in [0.1, 0.15) is 69.1 Å². The van der Waals surface area contributed by atoms with Crippen LogP contribution < -0.4 is 0 Å². The Morgan fingerprint density at radius 1 is 1.17 bits per heavy atom. The minimum atomic E-state index is 0.318. The summed E-state index contributed by atoms with van der Waals surface area (Å²) in [5.74, 6) is 0. The van der Waals surface area contributed by atoms with Crippen LogP contribution in [0.15, 0.2) is 29.3 Å². The van der Waals surface area contributed by atoms with E-state index in [0.29, 0.717) is 16.9 Å². The fraction of sp³-hybridized carbons (Fsp3) is 0.636. The summed E-state index contributed by atoms with van der Waals surface area (Å²) < 4.78 is 5.77. The summed E-state index contributed by atoms with van der Waals surface area (Å²) in [5, 5.41) is 0. The first kappa shape index (κ1) is 15.4. The third-order valence-electron chi connectivity index (χ3n) is 7.24. The molecule has 0 aromatic heterocycles. The van der Waals surface area contributed by atoms with Gasteiger partial charge in [0.25, 0.3) is 0 Å². The van der Waals surface area contributed by atoms with Gasteiger partial charge in [-0.25, -0.2) is 0 Å². The van der Waals surface area contributed by atoms with E-state index in [0.717, 1.165) is 0 Å². The minimum Gasteiger partial charge on any atom is -0.381 e. The van der Waals surface area contributed by atoms with Gasteiger partial charge in [-0.05, 0) is 68.4 Å². The maximum Gasteiger partial charge on any atom is 0.0617 e. The summed E-state index contributed by atoms with van der Waals surface area (Å²) in [7, 11) is 1.89. The second-order valence-corrected chi connectivity index (χ2v) is 8.38. The van der Waals surface area contributed by atoms with E-state index in [2.05, 4.69) is 39.0 Å². The number of aryl methyl sites for hydroxylation is 2. The number of rotatable bonds is 2. The third-order valence-corrected chi connectivity index (χ3v) is 7.24. The normalized spacial score (nSPS) is 35.7. The molecule has 0 saturated heterocycles. The van der Waals surface area contributed by atoms with Crippen LogP contribution in [0, 0.1) is 12.3 Å². The largest absolute Gasteiger partial charge is 0.381 e. The topological polar surface area (TPSA) is 9.23 Å². The van der Waals surface area contributed by atoms with Gasteiger partial charge in [0.1, 0.15) is 0 Å². The zero-order chi connectivity index (χ0) is 16.2. The fourth-order valence-corrected chi connectivity index (χ4v) is 5.93. The Kier molecular flexibility index (Phi) is 3.50. The number of allylic oxidation sites excluding steroid dienone is 1. The maximum atomic E-state index is 5.77. The number of hydrogen-bond donors (Lipinski definition) is 0. The molecule has 0 aliphatic heterocycles. The first-order valence-corrected chi connectivity index (χ1v) is 9.38. The van der Waals surface area contributed by atoms with Gasteiger partial charge in [-0.2, -0.15) is 0 Å². The van der Waals surface area contributed by atoms with Crippen LogP contribution in [0.4, 0.5) is 0 Å². The smallest absolute Gasteiger partial charge is 0.0617 e. The van der Waals surface area contributed by atoms with Crippen LogP contribution in [0.25, 0.3) is 0 Å². The number of fused-ring (bicyclic) bond motifs is 4. The summed E-state index contributed by atoms with van der Waals surface area (Å²) in [5.41, 5.74) is 8.94. The Labute approximate surface area is 141 Å². The summed E-state index contributed by atoms with van der Waals surface area (Å²) >= 11 is 0. The molecule has 1 aromatic rings. The molecule has 0 N–H and O–H groups in total. The number of benzene rings is 1. The highest BCUT2D eigenvalue weighted by Crippen LogP contribution is 2.61. The van der Waals surface area contributed by atoms with Gasteiger partial charge >= 0.3 is 0 Å². The van der Waals surface area contributed by atoms with Crippen molar-refractivity contribution in [3.63, 3.8) is 0 Å². The third kappa shape index (κ3) is 2.09. The lowest BCUT2D eigenvalue weighted by Gasteiger charge is -2.49. The Balaban J connectivity index is 1.89. The lowest BCUT2D eigenvalue weighted by molar-refractivity contribution is 0.0944. The zero-order valence-corrected chi connectivity index (χ0v) is 15.2. The van der Waals surface area contributed by atoms with Crippen molar-refractivity contribution >= 4 is 0 Å². The fourth-order valence-electron chi connectivity index (χ4n) is 5.93. The van der Waals surface area contributed by atoms with Crippen molar-refractivity contribution in [2.75, 3.05) is 7.11 Å². The van der Waals surface area contributed by atoms with Crippen LogP contribution in [0.2, 0.25) is 0 Å². The average Bonchev–Trinajstić information content (AvgIpc) is 2.90. The van der Waals surface area contributed by atoms with E-state index in [4.69, 9.17) is 4.74 Å². The van der Waals surface area contributed by atoms with Gasteiger partial charge < -0.3 is 4.74 Å². The van der Waals surface area contributed by atoms with Gasteiger partial charge in [0.15, 0.2) is 0 Å². The minimum absolute atomic E-state index is 0.318. The molecule has 3 aliphatic carbocycles. The highest BCUT2D eigenvalue weighted by molar-refractivity contribution is 5.51. The van der Waals surface area contributed by atoms with E-state index in [-0.39, 0.29) is 0 Å². The number of hydrogen-bond acceptors (Lipinski definition) is 1.